The van der Waals surface area contributed by atoms with Crippen LogP contribution in [0.25, 0.3) is 0 Å². The predicted molar refractivity (Wildman–Crippen MR) is 89.6 cm³/mol. The minimum absolute atomic E-state index is 0. The van der Waals surface area contributed by atoms with Gasteiger partial charge in [0.15, 0.2) is 0 Å². The van der Waals surface area contributed by atoms with Crippen LogP contribution < -0.4 is 15.4 Å². The summed E-state index contributed by atoms with van der Waals surface area (Å²) in [6.07, 6.45) is 3.36. The fourth-order valence-corrected chi connectivity index (χ4v) is 3.37. The van der Waals surface area contributed by atoms with Gasteiger partial charge in [-0.2, -0.15) is 0 Å². The van der Waals surface area contributed by atoms with Gasteiger partial charge < -0.3 is 15.4 Å². The van der Waals surface area contributed by atoms with E-state index in [-0.39, 0.29) is 24.2 Å². The molecule has 2 aliphatic rings. The number of carbonyl (C=O) groups excluding carboxylic acids is 1. The van der Waals surface area contributed by atoms with Gasteiger partial charge in [0.25, 0.3) is 0 Å². The molecule has 1 spiro atoms. The van der Waals surface area contributed by atoms with E-state index in [4.69, 9.17) is 4.74 Å². The molecular formula is C17H25ClN2O2. The third-order valence-corrected chi connectivity index (χ3v) is 4.77. The number of hydrogen-bond donors (Lipinski definition) is 2. The van der Waals surface area contributed by atoms with Crippen molar-refractivity contribution in [2.24, 2.45) is 11.3 Å². The Morgan fingerprint density at radius 1 is 1.41 bits per heavy atom. The summed E-state index contributed by atoms with van der Waals surface area (Å²) >= 11 is 0. The van der Waals surface area contributed by atoms with Gasteiger partial charge in [-0.1, -0.05) is 12.1 Å². The highest BCUT2D eigenvalue weighted by Crippen LogP contribution is 2.58. The molecule has 1 saturated heterocycles. The first-order chi connectivity index (χ1) is 10.2. The third-order valence-electron chi connectivity index (χ3n) is 4.77. The Morgan fingerprint density at radius 3 is 2.91 bits per heavy atom. The summed E-state index contributed by atoms with van der Waals surface area (Å²) in [7, 11) is 0. The van der Waals surface area contributed by atoms with Crippen LogP contribution in [0.2, 0.25) is 0 Å². The number of halogens is 1. The molecule has 0 radical (unpaired) electrons. The molecule has 1 saturated carbocycles. The average molecular weight is 325 g/mol. The Labute approximate surface area is 138 Å². The van der Waals surface area contributed by atoms with Gasteiger partial charge in [0.2, 0.25) is 5.91 Å². The molecule has 1 aromatic carbocycles. The summed E-state index contributed by atoms with van der Waals surface area (Å²) in [6, 6.07) is 7.97. The van der Waals surface area contributed by atoms with Crippen LogP contribution in [-0.4, -0.2) is 32.1 Å². The van der Waals surface area contributed by atoms with Gasteiger partial charge in [-0.15, -0.1) is 12.4 Å². The highest BCUT2D eigenvalue weighted by molar-refractivity contribution is 5.85. The Balaban J connectivity index is 0.00000176. The van der Waals surface area contributed by atoms with E-state index in [1.54, 1.807) is 0 Å². The van der Waals surface area contributed by atoms with E-state index >= 15 is 0 Å². The van der Waals surface area contributed by atoms with E-state index in [2.05, 4.69) is 10.6 Å². The van der Waals surface area contributed by atoms with Crippen LogP contribution in [0.3, 0.4) is 0 Å². The molecule has 22 heavy (non-hydrogen) atoms. The molecule has 1 aliphatic carbocycles. The van der Waals surface area contributed by atoms with Crippen molar-refractivity contribution in [3.8, 4) is 5.75 Å². The van der Waals surface area contributed by atoms with Gasteiger partial charge in [-0.25, -0.2) is 0 Å². The first kappa shape index (κ1) is 17.1. The first-order valence-corrected chi connectivity index (χ1v) is 7.88. The van der Waals surface area contributed by atoms with E-state index in [0.29, 0.717) is 18.6 Å². The van der Waals surface area contributed by atoms with E-state index < -0.39 is 0 Å². The Morgan fingerprint density at radius 2 is 2.18 bits per heavy atom. The standard InChI is InChI=1S/C17H24N2O2.ClH/c1-13-3-2-4-14(11-13)21-10-9-19-16(20)15-12-17(15)5-7-18-8-6-17;/h2-4,11,15,18H,5-10,12H2,1H3,(H,19,20);1H. The maximum Gasteiger partial charge on any atom is 0.223 e. The van der Waals surface area contributed by atoms with Gasteiger partial charge in [0, 0.05) is 5.92 Å². The SMILES string of the molecule is Cc1cccc(OCCNC(=O)C2CC23CCNCC3)c1.Cl. The number of ether oxygens (including phenoxy) is 1. The molecule has 2 fully saturated rings. The highest BCUT2D eigenvalue weighted by Gasteiger charge is 2.57. The fourth-order valence-electron chi connectivity index (χ4n) is 3.37. The highest BCUT2D eigenvalue weighted by atomic mass is 35.5. The predicted octanol–water partition coefficient (Wildman–Crippen LogP) is 2.30. The molecule has 5 heteroatoms. The quantitative estimate of drug-likeness (QED) is 0.817. The van der Waals surface area contributed by atoms with Gasteiger partial charge in [0.1, 0.15) is 12.4 Å². The van der Waals surface area contributed by atoms with Crippen LogP contribution in [0.15, 0.2) is 24.3 Å². The van der Waals surface area contributed by atoms with Crippen LogP contribution in [0, 0.1) is 18.3 Å². The second kappa shape index (κ2) is 7.34. The van der Waals surface area contributed by atoms with E-state index in [9.17, 15) is 4.79 Å². The summed E-state index contributed by atoms with van der Waals surface area (Å²) in [4.78, 5) is 12.2. The van der Waals surface area contributed by atoms with Crippen LogP contribution in [0.4, 0.5) is 0 Å². The van der Waals surface area contributed by atoms with E-state index in [1.807, 2.05) is 31.2 Å². The largest absolute Gasteiger partial charge is 0.492 e. The van der Waals surface area contributed by atoms with E-state index in [1.165, 1.54) is 5.56 Å². The third kappa shape index (κ3) is 3.93. The van der Waals surface area contributed by atoms with Crippen molar-refractivity contribution < 1.29 is 9.53 Å². The average Bonchev–Trinajstić information content (AvgIpc) is 3.18. The van der Waals surface area contributed by atoms with Gasteiger partial charge >= 0.3 is 0 Å². The van der Waals surface area contributed by atoms with E-state index in [0.717, 1.165) is 38.1 Å². The zero-order valence-corrected chi connectivity index (χ0v) is 13.9. The van der Waals surface area contributed by atoms with Gasteiger partial charge in [0.05, 0.1) is 6.54 Å². The minimum atomic E-state index is 0. The molecule has 122 valence electrons. The molecule has 0 aromatic heterocycles. The molecule has 1 aliphatic heterocycles. The number of piperidine rings is 1. The summed E-state index contributed by atoms with van der Waals surface area (Å²) in [5.41, 5.74) is 1.49. The molecule has 1 atom stereocenters. The number of benzene rings is 1. The van der Waals surface area contributed by atoms with Crippen molar-refractivity contribution in [2.75, 3.05) is 26.2 Å². The minimum Gasteiger partial charge on any atom is -0.492 e. The Bertz CT molecular complexity index is 515. The first-order valence-electron chi connectivity index (χ1n) is 7.88. The molecular weight excluding hydrogens is 300 g/mol. The van der Waals surface area contributed by atoms with Crippen LogP contribution in [0.1, 0.15) is 24.8 Å². The zero-order chi connectivity index (χ0) is 14.7. The fraction of sp³-hybridized carbons (Fsp3) is 0.588. The molecule has 1 heterocycles. The van der Waals surface area contributed by atoms with Gasteiger partial charge in [-0.05, 0) is 62.4 Å². The lowest BCUT2D eigenvalue weighted by molar-refractivity contribution is -0.123. The molecule has 3 rings (SSSR count). The smallest absolute Gasteiger partial charge is 0.223 e. The molecule has 0 bridgehead atoms. The van der Waals surface area contributed by atoms with Crippen LogP contribution in [0.5, 0.6) is 5.75 Å². The molecule has 1 aromatic rings. The summed E-state index contributed by atoms with van der Waals surface area (Å²) in [5.74, 6) is 1.31. The topological polar surface area (TPSA) is 50.4 Å². The number of carbonyl (C=O) groups is 1. The van der Waals surface area contributed by atoms with Crippen molar-refractivity contribution in [2.45, 2.75) is 26.2 Å². The molecule has 2 N–H and O–H groups in total. The lowest BCUT2D eigenvalue weighted by atomic mass is 9.92. The number of hydrogen-bond acceptors (Lipinski definition) is 3. The normalized spacial score (nSPS) is 21.8. The second-order valence-corrected chi connectivity index (χ2v) is 6.33. The van der Waals surface area contributed by atoms with Gasteiger partial charge in [-0.3, -0.25) is 4.79 Å². The van der Waals surface area contributed by atoms with Crippen molar-refractivity contribution >= 4 is 18.3 Å². The molecule has 4 nitrogen and oxygen atoms in total. The number of aryl methyl sites for hydroxylation is 1. The monoisotopic (exact) mass is 324 g/mol. The Kier molecular flexibility index (Phi) is 5.70. The summed E-state index contributed by atoms with van der Waals surface area (Å²) in [5, 5.41) is 6.38. The van der Waals surface area contributed by atoms with Crippen LogP contribution in [-0.2, 0) is 4.79 Å². The summed E-state index contributed by atoms with van der Waals surface area (Å²) < 4.78 is 5.65. The van der Waals surface area contributed by atoms with Crippen molar-refractivity contribution in [1.82, 2.24) is 10.6 Å². The Hall–Kier alpha value is -1.26. The number of rotatable bonds is 5. The lowest BCUT2D eigenvalue weighted by Gasteiger charge is -2.23. The maximum atomic E-state index is 12.2. The summed E-state index contributed by atoms with van der Waals surface area (Å²) in [6.45, 7) is 5.26. The molecule has 1 amide bonds. The lowest BCUT2D eigenvalue weighted by Crippen LogP contribution is -2.35. The van der Waals surface area contributed by atoms with Crippen molar-refractivity contribution in [1.29, 1.82) is 0 Å². The van der Waals surface area contributed by atoms with Crippen molar-refractivity contribution in [3.05, 3.63) is 29.8 Å². The van der Waals surface area contributed by atoms with Crippen LogP contribution >= 0.6 is 12.4 Å². The maximum absolute atomic E-state index is 12.2. The number of amides is 1. The molecule has 1 unspecified atom stereocenters. The zero-order valence-electron chi connectivity index (χ0n) is 13.1. The second-order valence-electron chi connectivity index (χ2n) is 6.33. The number of nitrogens with one attached hydrogen (secondary N) is 2. The van der Waals surface area contributed by atoms with Crippen molar-refractivity contribution in [3.63, 3.8) is 0 Å².